The summed E-state index contributed by atoms with van der Waals surface area (Å²) in [7, 11) is 0. The topological polar surface area (TPSA) is 82.6 Å². The molecule has 0 spiro atoms. The van der Waals surface area contributed by atoms with Crippen molar-refractivity contribution < 1.29 is 14.4 Å². The maximum Gasteiger partial charge on any atom is 0.254 e. The Kier molecular flexibility index (Phi) is 8.17. The van der Waals surface area contributed by atoms with Gasteiger partial charge in [-0.25, -0.2) is 4.98 Å². The summed E-state index contributed by atoms with van der Waals surface area (Å²) < 4.78 is 0. The van der Waals surface area contributed by atoms with Gasteiger partial charge in [0, 0.05) is 30.6 Å². The van der Waals surface area contributed by atoms with E-state index < -0.39 is 0 Å². The number of aromatic nitrogens is 1. The lowest BCUT2D eigenvalue weighted by molar-refractivity contribution is -0.131. The summed E-state index contributed by atoms with van der Waals surface area (Å²) in [5.41, 5.74) is 1.22. The van der Waals surface area contributed by atoms with E-state index in [2.05, 4.69) is 10.3 Å². The standard InChI is InChI=1S/C23H30N4O3S/c1-17(2)14-27(22(30)18-9-5-3-6-10-18)15-20(28)25-23-24-19(16-31-23)13-21(29)26-11-7-4-8-12-26/h3,5-6,9-10,16-17H,4,7-8,11-15H2,1-2H3,(H,24,25,28). The molecule has 2 heterocycles. The van der Waals surface area contributed by atoms with E-state index in [1.807, 2.05) is 36.9 Å². The number of hydrogen-bond acceptors (Lipinski definition) is 5. The maximum atomic E-state index is 12.8. The smallest absolute Gasteiger partial charge is 0.254 e. The van der Waals surface area contributed by atoms with Gasteiger partial charge in [0.1, 0.15) is 6.54 Å². The van der Waals surface area contributed by atoms with Crippen LogP contribution in [0.15, 0.2) is 35.7 Å². The first-order valence-electron chi connectivity index (χ1n) is 10.8. The number of benzene rings is 1. The van der Waals surface area contributed by atoms with Crippen molar-refractivity contribution in [2.45, 2.75) is 39.5 Å². The molecular formula is C23H30N4O3S. The number of carbonyl (C=O) groups is 3. The zero-order valence-electron chi connectivity index (χ0n) is 18.2. The largest absolute Gasteiger partial charge is 0.342 e. The van der Waals surface area contributed by atoms with Crippen LogP contribution in [0.3, 0.4) is 0 Å². The zero-order valence-corrected chi connectivity index (χ0v) is 19.0. The average molecular weight is 443 g/mol. The summed E-state index contributed by atoms with van der Waals surface area (Å²) in [6.07, 6.45) is 3.53. The molecule has 1 aromatic heterocycles. The van der Waals surface area contributed by atoms with Crippen molar-refractivity contribution in [3.63, 3.8) is 0 Å². The molecule has 0 radical (unpaired) electrons. The fraction of sp³-hybridized carbons (Fsp3) is 0.478. The third kappa shape index (κ3) is 6.89. The third-order valence-electron chi connectivity index (χ3n) is 5.07. The van der Waals surface area contributed by atoms with Crippen LogP contribution in [0.2, 0.25) is 0 Å². The molecule has 1 saturated heterocycles. The molecule has 0 atom stereocenters. The molecule has 1 aromatic carbocycles. The Labute approximate surface area is 187 Å². The fourth-order valence-corrected chi connectivity index (χ4v) is 4.34. The van der Waals surface area contributed by atoms with E-state index in [1.165, 1.54) is 17.8 Å². The van der Waals surface area contributed by atoms with Crippen LogP contribution in [0.25, 0.3) is 0 Å². The Morgan fingerprint density at radius 2 is 1.84 bits per heavy atom. The van der Waals surface area contributed by atoms with E-state index in [0.29, 0.717) is 22.9 Å². The highest BCUT2D eigenvalue weighted by atomic mass is 32.1. The van der Waals surface area contributed by atoms with Crippen molar-refractivity contribution in [3.05, 3.63) is 47.0 Å². The predicted molar refractivity (Wildman–Crippen MR) is 122 cm³/mol. The van der Waals surface area contributed by atoms with Crippen LogP contribution in [0.5, 0.6) is 0 Å². The predicted octanol–water partition coefficient (Wildman–Crippen LogP) is 3.44. The van der Waals surface area contributed by atoms with E-state index in [0.717, 1.165) is 25.9 Å². The van der Waals surface area contributed by atoms with Crippen LogP contribution in [0.4, 0.5) is 5.13 Å². The monoisotopic (exact) mass is 442 g/mol. The second-order valence-electron chi connectivity index (χ2n) is 8.26. The Hall–Kier alpha value is -2.74. The lowest BCUT2D eigenvalue weighted by Gasteiger charge is -2.26. The van der Waals surface area contributed by atoms with Crippen molar-refractivity contribution in [3.8, 4) is 0 Å². The number of likely N-dealkylation sites (tertiary alicyclic amines) is 1. The second-order valence-corrected chi connectivity index (χ2v) is 9.11. The van der Waals surface area contributed by atoms with Gasteiger partial charge in [-0.3, -0.25) is 14.4 Å². The fourth-order valence-electron chi connectivity index (χ4n) is 3.61. The highest BCUT2D eigenvalue weighted by Crippen LogP contribution is 2.18. The Balaban J connectivity index is 1.57. The van der Waals surface area contributed by atoms with Gasteiger partial charge in [-0.15, -0.1) is 11.3 Å². The number of anilines is 1. The Morgan fingerprint density at radius 3 is 2.52 bits per heavy atom. The summed E-state index contributed by atoms with van der Waals surface area (Å²) in [6, 6.07) is 8.97. The molecule has 1 aliphatic heterocycles. The number of piperidine rings is 1. The van der Waals surface area contributed by atoms with Gasteiger partial charge in [0.25, 0.3) is 5.91 Å². The Bertz CT molecular complexity index is 891. The minimum Gasteiger partial charge on any atom is -0.342 e. The summed E-state index contributed by atoms with van der Waals surface area (Å²) in [5, 5.41) is 5.03. The molecule has 0 saturated carbocycles. The molecule has 31 heavy (non-hydrogen) atoms. The number of hydrogen-bond donors (Lipinski definition) is 1. The molecule has 3 rings (SSSR count). The second kappa shape index (κ2) is 11.0. The molecule has 3 amide bonds. The van der Waals surface area contributed by atoms with Crippen LogP contribution in [0.1, 0.15) is 49.2 Å². The molecule has 0 unspecified atom stereocenters. The number of nitrogens with zero attached hydrogens (tertiary/aromatic N) is 3. The molecule has 0 aliphatic carbocycles. The molecular weight excluding hydrogens is 412 g/mol. The summed E-state index contributed by atoms with van der Waals surface area (Å²) in [6.45, 7) is 6.08. The van der Waals surface area contributed by atoms with Crippen molar-refractivity contribution in [1.29, 1.82) is 0 Å². The van der Waals surface area contributed by atoms with Crippen molar-refractivity contribution in [1.82, 2.24) is 14.8 Å². The molecule has 2 aromatic rings. The highest BCUT2D eigenvalue weighted by molar-refractivity contribution is 7.13. The van der Waals surface area contributed by atoms with Gasteiger partial charge in [-0.2, -0.15) is 0 Å². The van der Waals surface area contributed by atoms with Crippen molar-refractivity contribution in [2.75, 3.05) is 31.5 Å². The first-order valence-corrected chi connectivity index (χ1v) is 11.7. The van der Waals surface area contributed by atoms with Gasteiger partial charge in [-0.05, 0) is 37.3 Å². The number of carbonyl (C=O) groups excluding carboxylic acids is 3. The van der Waals surface area contributed by atoms with E-state index in [1.54, 1.807) is 22.4 Å². The maximum absolute atomic E-state index is 12.8. The average Bonchev–Trinajstić information content (AvgIpc) is 3.20. The van der Waals surface area contributed by atoms with Gasteiger partial charge < -0.3 is 15.1 Å². The van der Waals surface area contributed by atoms with Gasteiger partial charge in [-0.1, -0.05) is 32.0 Å². The van der Waals surface area contributed by atoms with Gasteiger partial charge >= 0.3 is 0 Å². The number of nitrogens with one attached hydrogen (secondary N) is 1. The molecule has 1 aliphatic rings. The third-order valence-corrected chi connectivity index (χ3v) is 5.87. The van der Waals surface area contributed by atoms with Crippen LogP contribution in [-0.4, -0.2) is 58.7 Å². The summed E-state index contributed by atoms with van der Waals surface area (Å²) in [5.74, 6) is -0.156. The van der Waals surface area contributed by atoms with Gasteiger partial charge in [0.15, 0.2) is 5.13 Å². The summed E-state index contributed by atoms with van der Waals surface area (Å²) in [4.78, 5) is 45.7. The quantitative estimate of drug-likeness (QED) is 0.679. The van der Waals surface area contributed by atoms with E-state index in [-0.39, 0.29) is 36.6 Å². The first kappa shape index (κ1) is 22.9. The molecule has 1 N–H and O–H groups in total. The van der Waals surface area contributed by atoms with Crippen molar-refractivity contribution >= 4 is 34.2 Å². The molecule has 8 heteroatoms. The number of amides is 3. The van der Waals surface area contributed by atoms with E-state index >= 15 is 0 Å². The van der Waals surface area contributed by atoms with Crippen LogP contribution >= 0.6 is 11.3 Å². The lowest BCUT2D eigenvalue weighted by atomic mass is 10.1. The van der Waals surface area contributed by atoms with Crippen LogP contribution in [0, 0.1) is 5.92 Å². The normalized spacial score (nSPS) is 13.8. The highest BCUT2D eigenvalue weighted by Gasteiger charge is 2.21. The van der Waals surface area contributed by atoms with Crippen LogP contribution < -0.4 is 5.32 Å². The van der Waals surface area contributed by atoms with Gasteiger partial charge in [0.2, 0.25) is 11.8 Å². The number of thiazole rings is 1. The van der Waals surface area contributed by atoms with E-state index in [9.17, 15) is 14.4 Å². The molecule has 1 fully saturated rings. The Morgan fingerprint density at radius 1 is 1.13 bits per heavy atom. The first-order chi connectivity index (χ1) is 14.9. The van der Waals surface area contributed by atoms with Crippen LogP contribution in [-0.2, 0) is 16.0 Å². The van der Waals surface area contributed by atoms with Gasteiger partial charge in [0.05, 0.1) is 12.1 Å². The lowest BCUT2D eigenvalue weighted by Crippen LogP contribution is -2.40. The minimum atomic E-state index is -0.298. The number of rotatable bonds is 8. The summed E-state index contributed by atoms with van der Waals surface area (Å²) >= 11 is 1.30. The minimum absolute atomic E-state index is 0.0481. The molecule has 0 bridgehead atoms. The zero-order chi connectivity index (χ0) is 22.2. The molecule has 166 valence electrons. The van der Waals surface area contributed by atoms with E-state index in [4.69, 9.17) is 0 Å². The SMILES string of the molecule is CC(C)CN(CC(=O)Nc1nc(CC(=O)N2CCCCC2)cs1)C(=O)c1ccccc1. The molecule has 7 nitrogen and oxygen atoms in total. The van der Waals surface area contributed by atoms with Crippen molar-refractivity contribution in [2.24, 2.45) is 5.92 Å².